The third-order valence-electron chi connectivity index (χ3n) is 0.779. The monoisotopic (exact) mass is 186 g/mol. The SMILES string of the molecule is O=COC(SCl)C(O)CO. The lowest BCUT2D eigenvalue weighted by Gasteiger charge is -2.14. The van der Waals surface area contributed by atoms with E-state index in [4.69, 9.17) is 20.9 Å². The second-order valence-electron chi connectivity index (χ2n) is 1.44. The minimum absolute atomic E-state index is 0.166. The molecule has 0 aliphatic heterocycles. The van der Waals surface area contributed by atoms with Crippen LogP contribution in [0.1, 0.15) is 0 Å². The number of hydrogen-bond donors (Lipinski definition) is 2. The molecule has 0 saturated heterocycles. The number of carbonyl (C=O) groups is 1. The first-order chi connectivity index (χ1) is 4.76. The van der Waals surface area contributed by atoms with Gasteiger partial charge < -0.3 is 14.9 Å². The van der Waals surface area contributed by atoms with Gasteiger partial charge in [0.2, 0.25) is 0 Å². The highest BCUT2D eigenvalue weighted by atomic mass is 35.7. The van der Waals surface area contributed by atoms with Crippen molar-refractivity contribution in [3.63, 3.8) is 0 Å². The van der Waals surface area contributed by atoms with Gasteiger partial charge in [-0.15, -0.1) is 0 Å². The Hall–Kier alpha value is 0.0300. The quantitative estimate of drug-likeness (QED) is 0.457. The lowest BCUT2D eigenvalue weighted by Crippen LogP contribution is -2.27. The van der Waals surface area contributed by atoms with E-state index in [1.54, 1.807) is 0 Å². The maximum absolute atomic E-state index is 9.71. The average Bonchev–Trinajstić information content (AvgIpc) is 1.99. The maximum Gasteiger partial charge on any atom is 0.294 e. The standard InChI is InChI=1S/C4H7ClO4S/c5-10-4(9-2-7)3(8)1-6/h2-4,6,8H,1H2. The van der Waals surface area contributed by atoms with E-state index in [2.05, 4.69) is 4.74 Å². The Kier molecular flexibility index (Phi) is 5.81. The number of aliphatic hydroxyl groups excluding tert-OH is 2. The van der Waals surface area contributed by atoms with E-state index in [9.17, 15) is 4.79 Å². The second kappa shape index (κ2) is 5.79. The van der Waals surface area contributed by atoms with Crippen LogP contribution < -0.4 is 0 Å². The van der Waals surface area contributed by atoms with Crippen molar-refractivity contribution in [3.05, 3.63) is 0 Å². The topological polar surface area (TPSA) is 66.8 Å². The fourth-order valence-corrected chi connectivity index (χ4v) is 1.09. The molecule has 0 rings (SSSR count). The lowest BCUT2D eigenvalue weighted by atomic mass is 10.4. The van der Waals surface area contributed by atoms with Gasteiger partial charge in [0.15, 0.2) is 5.44 Å². The van der Waals surface area contributed by atoms with Crippen LogP contribution in [0.5, 0.6) is 0 Å². The van der Waals surface area contributed by atoms with Crippen molar-refractivity contribution >= 4 is 28.1 Å². The first kappa shape index (κ1) is 10.0. The molecule has 0 fully saturated rings. The van der Waals surface area contributed by atoms with Crippen LogP contribution in [-0.2, 0) is 9.53 Å². The molecule has 0 aliphatic rings. The summed E-state index contributed by atoms with van der Waals surface area (Å²) in [4.78, 5) is 9.71. The summed E-state index contributed by atoms with van der Waals surface area (Å²) in [6.07, 6.45) is -1.13. The largest absolute Gasteiger partial charge is 0.449 e. The van der Waals surface area contributed by atoms with Crippen LogP contribution in [0.25, 0.3) is 0 Å². The molecule has 2 unspecified atom stereocenters. The highest BCUT2D eigenvalue weighted by Gasteiger charge is 2.18. The van der Waals surface area contributed by atoms with Crippen molar-refractivity contribution in [3.8, 4) is 0 Å². The summed E-state index contributed by atoms with van der Waals surface area (Å²) >= 11 is 0. The molecule has 0 aromatic rings. The van der Waals surface area contributed by atoms with E-state index in [-0.39, 0.29) is 6.47 Å². The molecule has 0 aliphatic carbocycles. The van der Waals surface area contributed by atoms with Gasteiger partial charge in [-0.25, -0.2) is 0 Å². The van der Waals surface area contributed by atoms with Gasteiger partial charge in [0.1, 0.15) is 6.10 Å². The third-order valence-corrected chi connectivity index (χ3v) is 1.91. The van der Waals surface area contributed by atoms with Gasteiger partial charge >= 0.3 is 0 Å². The molecule has 6 heteroatoms. The molecule has 0 aromatic carbocycles. The normalized spacial score (nSPS) is 15.9. The second-order valence-corrected chi connectivity index (χ2v) is 2.62. The van der Waals surface area contributed by atoms with E-state index in [0.717, 1.165) is 0 Å². The fourth-order valence-electron chi connectivity index (χ4n) is 0.312. The summed E-state index contributed by atoms with van der Waals surface area (Å²) < 4.78 is 4.28. The summed E-state index contributed by atoms with van der Waals surface area (Å²) in [5.74, 6) is 0. The minimum Gasteiger partial charge on any atom is -0.449 e. The Bertz CT molecular complexity index is 101. The molecule has 10 heavy (non-hydrogen) atoms. The van der Waals surface area contributed by atoms with Crippen molar-refractivity contribution < 1.29 is 19.7 Å². The predicted octanol–water partition coefficient (Wildman–Crippen LogP) is -0.274. The molecule has 0 radical (unpaired) electrons. The Morgan fingerprint density at radius 3 is 2.70 bits per heavy atom. The van der Waals surface area contributed by atoms with Crippen LogP contribution in [0.3, 0.4) is 0 Å². The number of aliphatic hydroxyl groups is 2. The predicted molar refractivity (Wildman–Crippen MR) is 37.5 cm³/mol. The van der Waals surface area contributed by atoms with Gasteiger partial charge in [-0.1, -0.05) is 0 Å². The molecule has 0 saturated carbocycles. The molecule has 0 bridgehead atoms. The molecule has 60 valence electrons. The van der Waals surface area contributed by atoms with Crippen LogP contribution in [0.4, 0.5) is 0 Å². The fraction of sp³-hybridized carbons (Fsp3) is 0.750. The summed E-state index contributed by atoms with van der Waals surface area (Å²) in [7, 11) is 5.82. The van der Waals surface area contributed by atoms with Crippen molar-refractivity contribution in [2.24, 2.45) is 0 Å². The lowest BCUT2D eigenvalue weighted by molar-refractivity contribution is -0.134. The van der Waals surface area contributed by atoms with Gasteiger partial charge in [-0.2, -0.15) is 0 Å². The molecule has 2 atom stereocenters. The number of rotatable bonds is 5. The van der Waals surface area contributed by atoms with Crippen LogP contribution in [0.2, 0.25) is 0 Å². The highest BCUT2D eigenvalue weighted by molar-refractivity contribution is 8.21. The number of carbonyl (C=O) groups excluding carboxylic acids is 1. The molecule has 2 N–H and O–H groups in total. The van der Waals surface area contributed by atoms with E-state index in [1.807, 2.05) is 0 Å². The number of hydrogen-bond acceptors (Lipinski definition) is 5. The minimum atomic E-state index is -1.13. The highest BCUT2D eigenvalue weighted by Crippen LogP contribution is 2.19. The van der Waals surface area contributed by atoms with Crippen molar-refractivity contribution in [1.82, 2.24) is 0 Å². The molecule has 0 amide bonds. The smallest absolute Gasteiger partial charge is 0.294 e. The van der Waals surface area contributed by atoms with Crippen LogP contribution in [0, 0.1) is 0 Å². The van der Waals surface area contributed by atoms with Gasteiger partial charge in [-0.05, 0) is 21.7 Å². The van der Waals surface area contributed by atoms with E-state index < -0.39 is 18.1 Å². The van der Waals surface area contributed by atoms with E-state index in [1.165, 1.54) is 0 Å². The first-order valence-corrected chi connectivity index (χ1v) is 4.12. The zero-order valence-corrected chi connectivity index (χ0v) is 6.51. The Balaban J connectivity index is 3.67. The van der Waals surface area contributed by atoms with Crippen LogP contribution in [-0.4, -0.2) is 34.8 Å². The first-order valence-electron chi connectivity index (χ1n) is 2.41. The Morgan fingerprint density at radius 2 is 2.40 bits per heavy atom. The third kappa shape index (κ3) is 3.26. The Morgan fingerprint density at radius 1 is 1.80 bits per heavy atom. The van der Waals surface area contributed by atoms with Crippen molar-refractivity contribution in [1.29, 1.82) is 0 Å². The zero-order valence-electron chi connectivity index (χ0n) is 4.94. The van der Waals surface area contributed by atoms with Crippen LogP contribution >= 0.6 is 21.7 Å². The van der Waals surface area contributed by atoms with Gasteiger partial charge in [-0.3, -0.25) is 4.79 Å². The molecule has 4 nitrogen and oxygen atoms in total. The van der Waals surface area contributed by atoms with Gasteiger partial charge in [0.25, 0.3) is 6.47 Å². The van der Waals surface area contributed by atoms with Crippen molar-refractivity contribution in [2.75, 3.05) is 6.61 Å². The summed E-state index contributed by atoms with van der Waals surface area (Å²) in [6.45, 7) is -0.322. The van der Waals surface area contributed by atoms with E-state index in [0.29, 0.717) is 11.0 Å². The summed E-state index contributed by atoms with van der Waals surface area (Å²) in [5.41, 5.74) is -0.899. The summed E-state index contributed by atoms with van der Waals surface area (Å²) in [5, 5.41) is 17.2. The van der Waals surface area contributed by atoms with Crippen molar-refractivity contribution in [2.45, 2.75) is 11.5 Å². The maximum atomic E-state index is 9.71. The Labute approximate surface area is 66.6 Å². The van der Waals surface area contributed by atoms with Gasteiger partial charge in [0.05, 0.1) is 6.61 Å². The van der Waals surface area contributed by atoms with E-state index >= 15 is 0 Å². The number of halogens is 1. The zero-order chi connectivity index (χ0) is 7.98. The molecule has 0 spiro atoms. The number of ether oxygens (including phenoxy) is 1. The average molecular weight is 187 g/mol. The molecular formula is C4H7ClO4S. The molecule has 0 aromatic heterocycles. The summed E-state index contributed by atoms with van der Waals surface area (Å²) in [6, 6.07) is 0. The molecular weight excluding hydrogens is 180 g/mol. The molecule has 0 heterocycles. The van der Waals surface area contributed by atoms with Gasteiger partial charge in [0, 0.05) is 0 Å². The van der Waals surface area contributed by atoms with Crippen LogP contribution in [0.15, 0.2) is 0 Å².